The number of aryl methyl sites for hydroxylation is 1. The van der Waals surface area contributed by atoms with Gasteiger partial charge in [0.05, 0.1) is 4.90 Å². The van der Waals surface area contributed by atoms with E-state index in [4.69, 9.17) is 0 Å². The van der Waals surface area contributed by atoms with Gasteiger partial charge in [-0.05, 0) is 64.6 Å². The topological polar surface area (TPSA) is 61.4 Å². The summed E-state index contributed by atoms with van der Waals surface area (Å²) in [6.07, 6.45) is 2.16. The maximum atomic E-state index is 11.9. The first-order valence-electron chi connectivity index (χ1n) is 6.91. The summed E-state index contributed by atoms with van der Waals surface area (Å²) in [6.45, 7) is 4.14. The van der Waals surface area contributed by atoms with Gasteiger partial charge in [-0.15, -0.1) is 0 Å². The summed E-state index contributed by atoms with van der Waals surface area (Å²) in [5.41, 5.74) is 1.98. The van der Waals surface area contributed by atoms with Gasteiger partial charge in [0.2, 0.25) is 10.0 Å². The molecular formula is C14H23N3O2S. The van der Waals surface area contributed by atoms with E-state index in [2.05, 4.69) is 22.0 Å². The number of hydrogen-bond donors (Lipinski definition) is 2. The van der Waals surface area contributed by atoms with Crippen molar-refractivity contribution in [3.63, 3.8) is 0 Å². The summed E-state index contributed by atoms with van der Waals surface area (Å²) < 4.78 is 26.1. The lowest BCUT2D eigenvalue weighted by Gasteiger charge is -2.30. The minimum absolute atomic E-state index is 0.307. The van der Waals surface area contributed by atoms with Gasteiger partial charge in [0.15, 0.2) is 0 Å². The van der Waals surface area contributed by atoms with E-state index < -0.39 is 10.0 Å². The first-order chi connectivity index (χ1) is 9.42. The summed E-state index contributed by atoms with van der Waals surface area (Å²) in [5, 5.41) is 3.49. The van der Waals surface area contributed by atoms with Crippen LogP contribution in [0.5, 0.6) is 0 Å². The Kier molecular flexibility index (Phi) is 4.67. The number of sulfonamides is 1. The second-order valence-electron chi connectivity index (χ2n) is 5.41. The van der Waals surface area contributed by atoms with Crippen molar-refractivity contribution < 1.29 is 8.42 Å². The van der Waals surface area contributed by atoms with Gasteiger partial charge in [-0.1, -0.05) is 6.07 Å². The highest BCUT2D eigenvalue weighted by Crippen LogP contribution is 2.23. The highest BCUT2D eigenvalue weighted by atomic mass is 32.2. The molecule has 112 valence electrons. The predicted molar refractivity (Wildman–Crippen MR) is 81.6 cm³/mol. The van der Waals surface area contributed by atoms with Crippen LogP contribution in [0.2, 0.25) is 0 Å². The van der Waals surface area contributed by atoms with Crippen LogP contribution in [0.15, 0.2) is 23.1 Å². The number of rotatable bonds is 4. The Morgan fingerprint density at radius 2 is 1.90 bits per heavy atom. The zero-order valence-corrected chi connectivity index (χ0v) is 13.1. The summed E-state index contributed by atoms with van der Waals surface area (Å²) in [7, 11) is 0.171. The summed E-state index contributed by atoms with van der Waals surface area (Å²) >= 11 is 0. The molecule has 1 saturated heterocycles. The summed E-state index contributed by atoms with van der Waals surface area (Å²) in [4.78, 5) is 2.62. The molecule has 2 N–H and O–H groups in total. The SMILES string of the molecule is CNS(=O)(=O)c1ccc(C)c(NC2CCN(C)CC2)c1. The Balaban J connectivity index is 2.17. The number of likely N-dealkylation sites (tertiary alicyclic amines) is 1. The Morgan fingerprint density at radius 3 is 2.50 bits per heavy atom. The van der Waals surface area contributed by atoms with Crippen LogP contribution in [0.3, 0.4) is 0 Å². The van der Waals surface area contributed by atoms with Crippen molar-refractivity contribution >= 4 is 15.7 Å². The van der Waals surface area contributed by atoms with Crippen LogP contribution in [0.1, 0.15) is 18.4 Å². The van der Waals surface area contributed by atoms with E-state index in [0.717, 1.165) is 37.2 Å². The van der Waals surface area contributed by atoms with Gasteiger partial charge in [0.25, 0.3) is 0 Å². The third kappa shape index (κ3) is 3.50. The molecule has 0 aliphatic carbocycles. The molecule has 1 aromatic carbocycles. The van der Waals surface area contributed by atoms with Crippen molar-refractivity contribution in [1.82, 2.24) is 9.62 Å². The van der Waals surface area contributed by atoms with E-state index in [-0.39, 0.29) is 0 Å². The predicted octanol–water partition coefficient (Wildman–Crippen LogP) is 1.41. The molecule has 1 heterocycles. The molecule has 1 aliphatic rings. The molecule has 6 heteroatoms. The van der Waals surface area contributed by atoms with Crippen LogP contribution in [-0.4, -0.2) is 46.5 Å². The largest absolute Gasteiger partial charge is 0.382 e. The third-order valence-electron chi connectivity index (χ3n) is 3.87. The lowest BCUT2D eigenvalue weighted by atomic mass is 10.0. The van der Waals surface area contributed by atoms with E-state index in [9.17, 15) is 8.42 Å². The lowest BCUT2D eigenvalue weighted by Crippen LogP contribution is -2.36. The molecule has 0 atom stereocenters. The standard InChI is InChI=1S/C14H23N3O2S/c1-11-4-5-13(20(18,19)15-2)10-14(11)16-12-6-8-17(3)9-7-12/h4-5,10,12,15-16H,6-9H2,1-3H3. The molecular weight excluding hydrogens is 274 g/mol. The molecule has 2 rings (SSSR count). The summed E-state index contributed by atoms with van der Waals surface area (Å²) in [6, 6.07) is 5.62. The van der Waals surface area contributed by atoms with Gasteiger partial charge >= 0.3 is 0 Å². The zero-order valence-electron chi connectivity index (χ0n) is 12.3. The van der Waals surface area contributed by atoms with Crippen molar-refractivity contribution in [1.29, 1.82) is 0 Å². The van der Waals surface area contributed by atoms with E-state index >= 15 is 0 Å². The van der Waals surface area contributed by atoms with Crippen LogP contribution in [0.25, 0.3) is 0 Å². The van der Waals surface area contributed by atoms with E-state index in [1.807, 2.05) is 13.0 Å². The smallest absolute Gasteiger partial charge is 0.240 e. The maximum absolute atomic E-state index is 11.9. The van der Waals surface area contributed by atoms with Gasteiger partial charge in [0, 0.05) is 11.7 Å². The van der Waals surface area contributed by atoms with Gasteiger partial charge in [-0.2, -0.15) is 0 Å². The quantitative estimate of drug-likeness (QED) is 0.882. The molecule has 1 aliphatic heterocycles. The highest BCUT2D eigenvalue weighted by molar-refractivity contribution is 7.89. The van der Waals surface area contributed by atoms with Crippen LogP contribution >= 0.6 is 0 Å². The van der Waals surface area contributed by atoms with Crippen LogP contribution < -0.4 is 10.0 Å². The molecule has 0 spiro atoms. The van der Waals surface area contributed by atoms with Crippen molar-refractivity contribution in [2.45, 2.75) is 30.7 Å². The van der Waals surface area contributed by atoms with E-state index in [1.54, 1.807) is 12.1 Å². The monoisotopic (exact) mass is 297 g/mol. The molecule has 0 amide bonds. The van der Waals surface area contributed by atoms with E-state index in [0.29, 0.717) is 10.9 Å². The van der Waals surface area contributed by atoms with Crippen LogP contribution in [0, 0.1) is 6.92 Å². The lowest BCUT2D eigenvalue weighted by molar-refractivity contribution is 0.264. The maximum Gasteiger partial charge on any atom is 0.240 e. The third-order valence-corrected chi connectivity index (χ3v) is 5.28. The number of benzene rings is 1. The zero-order chi connectivity index (χ0) is 14.8. The van der Waals surface area contributed by atoms with E-state index in [1.165, 1.54) is 7.05 Å². The van der Waals surface area contributed by atoms with Crippen molar-refractivity contribution in [3.05, 3.63) is 23.8 Å². The first-order valence-corrected chi connectivity index (χ1v) is 8.40. The molecule has 20 heavy (non-hydrogen) atoms. The van der Waals surface area contributed by atoms with Gasteiger partial charge in [-0.25, -0.2) is 13.1 Å². The Bertz CT molecular complexity index is 564. The first kappa shape index (κ1) is 15.3. The molecule has 0 saturated carbocycles. The molecule has 0 aromatic heterocycles. The fourth-order valence-corrected chi connectivity index (χ4v) is 3.17. The van der Waals surface area contributed by atoms with Crippen LogP contribution in [0.4, 0.5) is 5.69 Å². The molecule has 0 radical (unpaired) electrons. The van der Waals surface area contributed by atoms with Crippen molar-refractivity contribution in [2.24, 2.45) is 0 Å². The molecule has 1 aromatic rings. The minimum Gasteiger partial charge on any atom is -0.382 e. The molecule has 5 nitrogen and oxygen atoms in total. The average Bonchev–Trinajstić information content (AvgIpc) is 2.43. The number of anilines is 1. The molecule has 0 unspecified atom stereocenters. The molecule has 1 fully saturated rings. The number of nitrogens with one attached hydrogen (secondary N) is 2. The average molecular weight is 297 g/mol. The fourth-order valence-electron chi connectivity index (χ4n) is 2.41. The highest BCUT2D eigenvalue weighted by Gasteiger charge is 2.18. The summed E-state index contributed by atoms with van der Waals surface area (Å²) in [5.74, 6) is 0. The van der Waals surface area contributed by atoms with Gasteiger partial charge < -0.3 is 10.2 Å². The van der Waals surface area contributed by atoms with Gasteiger partial charge in [0.1, 0.15) is 0 Å². The second-order valence-corrected chi connectivity index (χ2v) is 7.29. The normalized spacial score (nSPS) is 18.1. The molecule has 0 bridgehead atoms. The number of nitrogens with zero attached hydrogens (tertiary/aromatic N) is 1. The minimum atomic E-state index is -3.39. The number of hydrogen-bond acceptors (Lipinski definition) is 4. The van der Waals surface area contributed by atoms with Gasteiger partial charge in [-0.3, -0.25) is 0 Å². The fraction of sp³-hybridized carbons (Fsp3) is 0.571. The van der Waals surface area contributed by atoms with Crippen LogP contribution in [-0.2, 0) is 10.0 Å². The Hall–Kier alpha value is -1.11. The van der Waals surface area contributed by atoms with Crippen molar-refractivity contribution in [3.8, 4) is 0 Å². The second kappa shape index (κ2) is 6.11. The Labute approximate surface area is 121 Å². The Morgan fingerprint density at radius 1 is 1.25 bits per heavy atom. The van der Waals surface area contributed by atoms with Crippen molar-refractivity contribution in [2.75, 3.05) is 32.5 Å². The number of piperidine rings is 1.